The molecule has 8 heteroatoms. The van der Waals surface area contributed by atoms with Crippen molar-refractivity contribution < 1.29 is 9.21 Å². The second-order valence-corrected chi connectivity index (χ2v) is 6.07. The molecule has 0 aliphatic carbocycles. The number of benzene rings is 2. The second-order valence-electron chi connectivity index (χ2n) is 6.07. The Balaban J connectivity index is 0.00000300. The van der Waals surface area contributed by atoms with Crippen molar-refractivity contribution in [3.05, 3.63) is 77.7 Å². The summed E-state index contributed by atoms with van der Waals surface area (Å²) in [6.07, 6.45) is 1.64. The number of carbonyl (C=O) groups is 1. The van der Waals surface area contributed by atoms with E-state index in [1.165, 1.54) is 0 Å². The highest BCUT2D eigenvalue weighted by atomic mass is 127. The maximum absolute atomic E-state index is 11.6. The standard InChI is InChI=1S/C21H23N5O2.HI/c1-22-19(27)16-10-8-15(9-11-16)12-24-21(23-2)25-13-18-14-28-20(26-18)17-6-4-3-5-7-17;/h3-11,14H,12-13H2,1-2H3,(H,22,27)(H2,23,24,25);1H. The van der Waals surface area contributed by atoms with Gasteiger partial charge in [-0.05, 0) is 29.8 Å². The molecule has 0 unspecified atom stereocenters. The molecule has 0 fully saturated rings. The molecule has 3 rings (SSSR count). The molecule has 0 aliphatic heterocycles. The predicted octanol–water partition coefficient (Wildman–Crippen LogP) is 3.18. The van der Waals surface area contributed by atoms with Gasteiger partial charge in [-0.2, -0.15) is 0 Å². The van der Waals surface area contributed by atoms with E-state index in [0.29, 0.717) is 30.5 Å². The van der Waals surface area contributed by atoms with Crippen LogP contribution in [0.4, 0.5) is 0 Å². The number of carbonyl (C=O) groups excluding carboxylic acids is 1. The summed E-state index contributed by atoms with van der Waals surface area (Å²) in [5, 5.41) is 9.06. The number of oxazole rings is 1. The second kappa shape index (κ2) is 11.2. The molecule has 29 heavy (non-hydrogen) atoms. The van der Waals surface area contributed by atoms with E-state index in [1.54, 1.807) is 32.5 Å². The minimum absolute atomic E-state index is 0. The van der Waals surface area contributed by atoms with Crippen LogP contribution in [0.5, 0.6) is 0 Å². The topological polar surface area (TPSA) is 91.5 Å². The lowest BCUT2D eigenvalue weighted by Gasteiger charge is -2.11. The lowest BCUT2D eigenvalue weighted by molar-refractivity contribution is 0.0963. The summed E-state index contributed by atoms with van der Waals surface area (Å²) >= 11 is 0. The molecule has 0 aliphatic rings. The van der Waals surface area contributed by atoms with E-state index in [9.17, 15) is 4.79 Å². The van der Waals surface area contributed by atoms with Gasteiger partial charge >= 0.3 is 0 Å². The molecule has 0 atom stereocenters. The zero-order chi connectivity index (χ0) is 19.8. The van der Waals surface area contributed by atoms with Crippen LogP contribution < -0.4 is 16.0 Å². The number of hydrogen-bond acceptors (Lipinski definition) is 4. The lowest BCUT2D eigenvalue weighted by Crippen LogP contribution is -2.36. The summed E-state index contributed by atoms with van der Waals surface area (Å²) in [5.41, 5.74) is 3.41. The van der Waals surface area contributed by atoms with E-state index in [1.807, 2.05) is 42.5 Å². The Bertz CT molecular complexity index is 939. The summed E-state index contributed by atoms with van der Waals surface area (Å²) in [6.45, 7) is 1.08. The zero-order valence-electron chi connectivity index (χ0n) is 16.3. The average molecular weight is 505 g/mol. The Morgan fingerprint density at radius 1 is 1.03 bits per heavy atom. The number of aromatic nitrogens is 1. The van der Waals surface area contributed by atoms with Gasteiger partial charge in [-0.1, -0.05) is 30.3 Å². The first kappa shape index (κ1) is 22.4. The average Bonchev–Trinajstić information content (AvgIpc) is 3.23. The van der Waals surface area contributed by atoms with Gasteiger partial charge in [0.05, 0.1) is 12.2 Å². The van der Waals surface area contributed by atoms with Gasteiger partial charge in [0.25, 0.3) is 5.91 Å². The van der Waals surface area contributed by atoms with Crippen LogP contribution in [0.3, 0.4) is 0 Å². The lowest BCUT2D eigenvalue weighted by atomic mass is 10.1. The fourth-order valence-corrected chi connectivity index (χ4v) is 2.60. The summed E-state index contributed by atoms with van der Waals surface area (Å²) in [5.74, 6) is 1.15. The van der Waals surface area contributed by atoms with Crippen molar-refractivity contribution in [1.82, 2.24) is 20.9 Å². The molecule has 0 bridgehead atoms. The van der Waals surface area contributed by atoms with Crippen LogP contribution >= 0.6 is 24.0 Å². The highest BCUT2D eigenvalue weighted by molar-refractivity contribution is 14.0. The third-order valence-corrected chi connectivity index (χ3v) is 4.14. The largest absolute Gasteiger partial charge is 0.444 e. The summed E-state index contributed by atoms with van der Waals surface area (Å²) in [7, 11) is 3.33. The zero-order valence-corrected chi connectivity index (χ0v) is 18.6. The number of rotatable bonds is 6. The van der Waals surface area contributed by atoms with Crippen LogP contribution in [0.2, 0.25) is 0 Å². The molecule has 3 aromatic rings. The molecular formula is C21H24IN5O2. The molecule has 0 spiro atoms. The van der Waals surface area contributed by atoms with Crippen molar-refractivity contribution in [1.29, 1.82) is 0 Å². The monoisotopic (exact) mass is 505 g/mol. The Morgan fingerprint density at radius 2 is 1.72 bits per heavy atom. The molecule has 3 N–H and O–H groups in total. The quantitative estimate of drug-likeness (QED) is 0.272. The molecule has 2 aromatic carbocycles. The number of halogens is 1. The van der Waals surface area contributed by atoms with Crippen molar-refractivity contribution in [2.75, 3.05) is 14.1 Å². The van der Waals surface area contributed by atoms with Gasteiger partial charge in [0.15, 0.2) is 5.96 Å². The molecular weight excluding hydrogens is 481 g/mol. The van der Waals surface area contributed by atoms with Gasteiger partial charge < -0.3 is 20.4 Å². The van der Waals surface area contributed by atoms with Gasteiger partial charge in [-0.25, -0.2) is 4.98 Å². The maximum atomic E-state index is 11.6. The molecule has 152 valence electrons. The van der Waals surface area contributed by atoms with Crippen LogP contribution in [0.25, 0.3) is 11.5 Å². The van der Waals surface area contributed by atoms with E-state index < -0.39 is 0 Å². The van der Waals surface area contributed by atoms with Gasteiger partial charge in [0.2, 0.25) is 5.89 Å². The Hall–Kier alpha value is -2.88. The number of amides is 1. The number of guanidine groups is 1. The number of nitrogens with one attached hydrogen (secondary N) is 3. The van der Waals surface area contributed by atoms with Gasteiger partial charge in [-0.3, -0.25) is 9.79 Å². The predicted molar refractivity (Wildman–Crippen MR) is 124 cm³/mol. The maximum Gasteiger partial charge on any atom is 0.251 e. The molecule has 0 saturated heterocycles. The van der Waals surface area contributed by atoms with E-state index in [0.717, 1.165) is 16.8 Å². The fourth-order valence-electron chi connectivity index (χ4n) is 2.60. The van der Waals surface area contributed by atoms with Crippen molar-refractivity contribution >= 4 is 35.8 Å². The third-order valence-electron chi connectivity index (χ3n) is 4.14. The minimum Gasteiger partial charge on any atom is -0.444 e. The number of hydrogen-bond donors (Lipinski definition) is 3. The highest BCUT2D eigenvalue weighted by Gasteiger charge is 2.07. The summed E-state index contributed by atoms with van der Waals surface area (Å²) < 4.78 is 5.54. The smallest absolute Gasteiger partial charge is 0.251 e. The molecule has 1 heterocycles. The van der Waals surface area contributed by atoms with Crippen molar-refractivity contribution in [2.45, 2.75) is 13.1 Å². The van der Waals surface area contributed by atoms with Gasteiger partial charge in [-0.15, -0.1) is 24.0 Å². The SMILES string of the molecule is CN=C(NCc1ccc(C(=O)NC)cc1)NCc1coc(-c2ccccc2)n1.I. The van der Waals surface area contributed by atoms with E-state index in [-0.39, 0.29) is 29.9 Å². The van der Waals surface area contributed by atoms with Crippen LogP contribution in [0.15, 0.2) is 70.3 Å². The normalized spacial score (nSPS) is 10.8. The summed E-state index contributed by atoms with van der Waals surface area (Å²) in [6, 6.07) is 17.2. The molecule has 0 saturated carbocycles. The van der Waals surface area contributed by atoms with E-state index in [2.05, 4.69) is 25.9 Å². The van der Waals surface area contributed by atoms with Crippen LogP contribution in [0.1, 0.15) is 21.6 Å². The first-order valence-corrected chi connectivity index (χ1v) is 8.95. The summed E-state index contributed by atoms with van der Waals surface area (Å²) in [4.78, 5) is 20.3. The van der Waals surface area contributed by atoms with Crippen molar-refractivity contribution in [3.63, 3.8) is 0 Å². The number of aliphatic imine (C=N–C) groups is 1. The van der Waals surface area contributed by atoms with Gasteiger partial charge in [0.1, 0.15) is 6.26 Å². The minimum atomic E-state index is -0.0977. The van der Waals surface area contributed by atoms with Crippen LogP contribution in [-0.4, -0.2) is 30.9 Å². The van der Waals surface area contributed by atoms with Crippen LogP contribution in [0, 0.1) is 0 Å². The van der Waals surface area contributed by atoms with E-state index in [4.69, 9.17) is 4.42 Å². The number of nitrogens with zero attached hydrogens (tertiary/aromatic N) is 2. The Kier molecular flexibility index (Phi) is 8.66. The molecule has 1 aromatic heterocycles. The Morgan fingerprint density at radius 3 is 2.38 bits per heavy atom. The van der Waals surface area contributed by atoms with Crippen molar-refractivity contribution in [3.8, 4) is 11.5 Å². The third kappa shape index (κ3) is 6.31. The highest BCUT2D eigenvalue weighted by Crippen LogP contribution is 2.17. The fraction of sp³-hybridized carbons (Fsp3) is 0.190. The molecule has 0 radical (unpaired) electrons. The molecule has 7 nitrogen and oxygen atoms in total. The van der Waals surface area contributed by atoms with E-state index >= 15 is 0 Å². The first-order chi connectivity index (χ1) is 13.7. The Labute approximate surface area is 187 Å². The van der Waals surface area contributed by atoms with Crippen molar-refractivity contribution in [2.24, 2.45) is 4.99 Å². The van der Waals surface area contributed by atoms with Crippen LogP contribution in [-0.2, 0) is 13.1 Å². The first-order valence-electron chi connectivity index (χ1n) is 8.95. The van der Waals surface area contributed by atoms with Gasteiger partial charge in [0, 0.05) is 31.8 Å². The molecule has 1 amide bonds.